The summed E-state index contributed by atoms with van der Waals surface area (Å²) in [4.78, 5) is 12.8. The van der Waals surface area contributed by atoms with Crippen molar-refractivity contribution in [2.75, 3.05) is 13.2 Å². The van der Waals surface area contributed by atoms with Gasteiger partial charge in [0.2, 0.25) is 5.91 Å². The van der Waals surface area contributed by atoms with Crippen molar-refractivity contribution in [3.63, 3.8) is 0 Å². The van der Waals surface area contributed by atoms with Crippen LogP contribution in [0.25, 0.3) is 0 Å². The van der Waals surface area contributed by atoms with E-state index >= 15 is 0 Å². The van der Waals surface area contributed by atoms with Crippen LogP contribution >= 0.6 is 0 Å². The van der Waals surface area contributed by atoms with Crippen molar-refractivity contribution in [1.82, 2.24) is 5.32 Å². The summed E-state index contributed by atoms with van der Waals surface area (Å²) >= 11 is 0. The van der Waals surface area contributed by atoms with E-state index in [1.54, 1.807) is 0 Å². The number of carbonyl (C=O) groups is 1. The molecule has 270 valence electrons. The Bertz CT molecular complexity index is 776. The number of carbonyl (C=O) groups excluding carboxylic acids is 1. The minimum Gasteiger partial charge on any atom is -0.394 e. The Labute approximate surface area is 279 Å². The molecular weight excluding hydrogens is 586 g/mol. The maximum atomic E-state index is 12.8. The van der Waals surface area contributed by atoms with Crippen LogP contribution in [0.15, 0.2) is 24.3 Å². The lowest BCUT2D eigenvalue weighted by Gasteiger charge is -2.40. The molecule has 9 heteroatoms. The van der Waals surface area contributed by atoms with Crippen molar-refractivity contribution < 1.29 is 39.8 Å². The smallest absolute Gasteiger partial charge is 0.220 e. The molecule has 1 fully saturated rings. The first kappa shape index (κ1) is 42.7. The predicted octanol–water partition coefficient (Wildman–Crippen LogP) is 5.99. The Balaban J connectivity index is 2.39. The molecule has 46 heavy (non-hydrogen) atoms. The Morgan fingerprint density at radius 3 is 1.89 bits per heavy atom. The van der Waals surface area contributed by atoms with Gasteiger partial charge >= 0.3 is 0 Å². The summed E-state index contributed by atoms with van der Waals surface area (Å²) in [6.45, 7) is 3.72. The maximum absolute atomic E-state index is 12.8. The molecule has 0 aromatic heterocycles. The fourth-order valence-electron chi connectivity index (χ4n) is 5.72. The zero-order valence-corrected chi connectivity index (χ0v) is 29.1. The Kier molecular flexibility index (Phi) is 26.6. The second-order valence-corrected chi connectivity index (χ2v) is 13.0. The summed E-state index contributed by atoms with van der Waals surface area (Å²) in [5, 5.41) is 53.8. The summed E-state index contributed by atoms with van der Waals surface area (Å²) in [5.41, 5.74) is 0. The average molecular weight is 656 g/mol. The molecule has 9 nitrogen and oxygen atoms in total. The zero-order chi connectivity index (χ0) is 33.8. The summed E-state index contributed by atoms with van der Waals surface area (Å²) in [5.74, 6) is -0.164. The quantitative estimate of drug-likeness (QED) is 0.0425. The lowest BCUT2D eigenvalue weighted by atomic mass is 9.99. The van der Waals surface area contributed by atoms with Gasteiger partial charge in [0.25, 0.3) is 0 Å². The summed E-state index contributed by atoms with van der Waals surface area (Å²) < 4.78 is 11.1. The van der Waals surface area contributed by atoms with E-state index in [1.165, 1.54) is 57.8 Å². The highest BCUT2D eigenvalue weighted by molar-refractivity contribution is 5.76. The zero-order valence-electron chi connectivity index (χ0n) is 29.1. The maximum Gasteiger partial charge on any atom is 0.220 e. The first-order valence-corrected chi connectivity index (χ1v) is 18.5. The molecule has 0 aromatic carbocycles. The topological polar surface area (TPSA) is 149 Å². The molecule has 0 saturated carbocycles. The van der Waals surface area contributed by atoms with Gasteiger partial charge in [-0.2, -0.15) is 0 Å². The molecule has 1 saturated heterocycles. The number of amides is 1. The minimum atomic E-state index is -1.55. The number of rotatable bonds is 29. The number of ether oxygens (including phenoxy) is 2. The van der Waals surface area contributed by atoms with Gasteiger partial charge in [0.15, 0.2) is 6.29 Å². The van der Waals surface area contributed by atoms with Crippen LogP contribution in [0.4, 0.5) is 0 Å². The summed E-state index contributed by atoms with van der Waals surface area (Å²) in [7, 11) is 0. The molecule has 1 aliphatic rings. The molecule has 6 N–H and O–H groups in total. The molecule has 7 atom stereocenters. The number of unbranched alkanes of at least 4 members (excludes halogenated alkanes) is 15. The van der Waals surface area contributed by atoms with Crippen LogP contribution in [0.5, 0.6) is 0 Å². The van der Waals surface area contributed by atoms with Gasteiger partial charge in [0.1, 0.15) is 24.4 Å². The van der Waals surface area contributed by atoms with Gasteiger partial charge in [-0.15, -0.1) is 0 Å². The molecule has 1 amide bonds. The fraction of sp³-hybridized carbons (Fsp3) is 0.865. The molecule has 0 radical (unpaired) electrons. The number of hydrogen-bond acceptors (Lipinski definition) is 8. The highest BCUT2D eigenvalue weighted by Crippen LogP contribution is 2.23. The molecule has 0 aliphatic carbocycles. The van der Waals surface area contributed by atoms with Crippen molar-refractivity contribution in [1.29, 1.82) is 0 Å². The van der Waals surface area contributed by atoms with Crippen LogP contribution in [0, 0.1) is 0 Å². The van der Waals surface area contributed by atoms with Gasteiger partial charge in [-0.05, 0) is 44.9 Å². The van der Waals surface area contributed by atoms with Crippen molar-refractivity contribution in [3.05, 3.63) is 24.3 Å². The third-order valence-electron chi connectivity index (χ3n) is 8.81. The first-order chi connectivity index (χ1) is 22.3. The molecule has 7 unspecified atom stereocenters. The number of nitrogens with one attached hydrogen (secondary N) is 1. The van der Waals surface area contributed by atoms with E-state index in [2.05, 4.69) is 43.5 Å². The summed E-state index contributed by atoms with van der Waals surface area (Å²) in [6.07, 6.45) is 23.4. The van der Waals surface area contributed by atoms with Crippen molar-refractivity contribution in [2.45, 2.75) is 192 Å². The fourth-order valence-corrected chi connectivity index (χ4v) is 5.72. The van der Waals surface area contributed by atoms with Gasteiger partial charge in [-0.25, -0.2) is 0 Å². The van der Waals surface area contributed by atoms with E-state index in [-0.39, 0.29) is 12.5 Å². The third kappa shape index (κ3) is 20.1. The van der Waals surface area contributed by atoms with E-state index in [0.29, 0.717) is 12.8 Å². The highest BCUT2D eigenvalue weighted by atomic mass is 16.7. The first-order valence-electron chi connectivity index (χ1n) is 18.5. The van der Waals surface area contributed by atoms with Gasteiger partial charge in [-0.3, -0.25) is 4.79 Å². The van der Waals surface area contributed by atoms with Crippen molar-refractivity contribution in [2.24, 2.45) is 0 Å². The van der Waals surface area contributed by atoms with Gasteiger partial charge in [-0.1, -0.05) is 122 Å². The second-order valence-electron chi connectivity index (χ2n) is 13.0. The molecule has 0 spiro atoms. The van der Waals surface area contributed by atoms with E-state index in [0.717, 1.165) is 64.2 Å². The average Bonchev–Trinajstić information content (AvgIpc) is 3.05. The largest absolute Gasteiger partial charge is 0.394 e. The van der Waals surface area contributed by atoms with E-state index < -0.39 is 49.5 Å². The number of allylic oxidation sites excluding steroid dienone is 4. The molecular formula is C37H69NO8. The van der Waals surface area contributed by atoms with Gasteiger partial charge < -0.3 is 40.3 Å². The molecule has 0 bridgehead atoms. The molecule has 1 aliphatic heterocycles. The van der Waals surface area contributed by atoms with Gasteiger partial charge in [0.05, 0.1) is 25.4 Å². The van der Waals surface area contributed by atoms with Crippen LogP contribution in [0.2, 0.25) is 0 Å². The summed E-state index contributed by atoms with van der Waals surface area (Å²) in [6, 6.07) is -0.720. The SMILES string of the molecule is CCCCCC/C=C\C/C=C\CCCCCCCC(=O)NC(COC1OC(CO)C(O)C(O)C1O)C(O)CCCCCCCCC. The van der Waals surface area contributed by atoms with E-state index in [4.69, 9.17) is 9.47 Å². The van der Waals surface area contributed by atoms with Gasteiger partial charge in [0, 0.05) is 6.42 Å². The highest BCUT2D eigenvalue weighted by Gasteiger charge is 2.44. The predicted molar refractivity (Wildman–Crippen MR) is 184 cm³/mol. The number of hydrogen-bond donors (Lipinski definition) is 6. The van der Waals surface area contributed by atoms with E-state index in [9.17, 15) is 30.3 Å². The Hall–Kier alpha value is -1.33. The Morgan fingerprint density at radius 1 is 0.739 bits per heavy atom. The lowest BCUT2D eigenvalue weighted by molar-refractivity contribution is -0.302. The van der Waals surface area contributed by atoms with Crippen LogP contribution in [0.3, 0.4) is 0 Å². The molecule has 1 rings (SSSR count). The molecule has 1 heterocycles. The Morgan fingerprint density at radius 2 is 1.28 bits per heavy atom. The van der Waals surface area contributed by atoms with Crippen LogP contribution in [-0.4, -0.2) is 87.5 Å². The van der Waals surface area contributed by atoms with Crippen LogP contribution in [-0.2, 0) is 14.3 Å². The monoisotopic (exact) mass is 656 g/mol. The minimum absolute atomic E-state index is 0.144. The van der Waals surface area contributed by atoms with Crippen LogP contribution < -0.4 is 5.32 Å². The van der Waals surface area contributed by atoms with Crippen molar-refractivity contribution in [3.8, 4) is 0 Å². The third-order valence-corrected chi connectivity index (χ3v) is 8.81. The lowest BCUT2D eigenvalue weighted by Crippen LogP contribution is -2.60. The number of aliphatic hydroxyl groups excluding tert-OH is 5. The second kappa shape index (κ2) is 28.7. The molecule has 0 aromatic rings. The van der Waals surface area contributed by atoms with Crippen molar-refractivity contribution >= 4 is 5.91 Å². The normalized spacial score (nSPS) is 23.3. The number of aliphatic hydroxyl groups is 5. The standard InChI is InChI=1S/C37H69NO8/c1-3-5-7-9-11-12-13-14-15-16-17-18-19-21-23-25-27-33(41)38-30(31(40)26-24-22-20-10-8-6-4-2)29-45-37-36(44)35(43)34(42)32(28-39)46-37/h12-13,15-16,30-32,34-37,39-40,42-44H,3-11,14,17-29H2,1-2H3,(H,38,41)/b13-12-,16-15-. The van der Waals surface area contributed by atoms with Crippen LogP contribution in [0.1, 0.15) is 149 Å². The van der Waals surface area contributed by atoms with E-state index in [1.807, 2.05) is 0 Å².